The van der Waals surface area contributed by atoms with Gasteiger partial charge in [0.15, 0.2) is 5.96 Å². The second-order valence-electron chi connectivity index (χ2n) is 22.4. The van der Waals surface area contributed by atoms with Gasteiger partial charge in [0.1, 0.15) is 17.6 Å². The zero-order valence-corrected chi connectivity index (χ0v) is 44.5. The number of aliphatic imine (C=N–C) groups is 1. The van der Waals surface area contributed by atoms with Gasteiger partial charge >= 0.3 is 29.6 Å². The minimum absolute atomic E-state index is 0. The number of aromatic hydroxyl groups is 1. The minimum atomic E-state index is -4.92. The predicted octanol–water partition coefficient (Wildman–Crippen LogP) is 6.01. The predicted molar refractivity (Wildman–Crippen MR) is 272 cm³/mol. The molecule has 14 unspecified atom stereocenters. The summed E-state index contributed by atoms with van der Waals surface area (Å²) in [6.07, 6.45) is 10.7. The van der Waals surface area contributed by atoms with E-state index >= 15 is 0 Å². The van der Waals surface area contributed by atoms with Crippen molar-refractivity contribution in [3.63, 3.8) is 0 Å². The average Bonchev–Trinajstić information content (AvgIpc) is 3.48. The van der Waals surface area contributed by atoms with Gasteiger partial charge in [0.2, 0.25) is 5.72 Å². The van der Waals surface area contributed by atoms with Crippen LogP contribution in [-0.2, 0) is 33.4 Å². The van der Waals surface area contributed by atoms with Crippen molar-refractivity contribution in [1.29, 1.82) is 0 Å². The average molecular weight is 1000 g/mol. The molecule has 5 heterocycles. The van der Waals surface area contributed by atoms with E-state index in [2.05, 4.69) is 61.2 Å². The Kier molecular flexibility index (Phi) is 14.6. The van der Waals surface area contributed by atoms with Gasteiger partial charge < -0.3 is 40.8 Å². The molecule has 7 N–H and O–H groups in total. The largest absolute Gasteiger partial charge is 1.00 e. The Labute approximate surface area is 447 Å². The smallest absolute Gasteiger partial charge is 0.748 e. The first-order valence-corrected chi connectivity index (χ1v) is 27.7. The van der Waals surface area contributed by atoms with Crippen LogP contribution in [-0.4, -0.2) is 57.8 Å². The molecular weight excluding hydrogens is 934 g/mol. The molecule has 2 saturated carbocycles. The number of phenolic OH excluding ortho intramolecular Hbond substituents is 1. The second kappa shape index (κ2) is 20.5. The van der Waals surface area contributed by atoms with Gasteiger partial charge in [0, 0.05) is 41.6 Å². The normalized spacial score (nSPS) is 34.8. The molecule has 3 fully saturated rings. The van der Waals surface area contributed by atoms with Crippen molar-refractivity contribution in [3.8, 4) is 23.3 Å². The van der Waals surface area contributed by atoms with Crippen LogP contribution in [0.2, 0.25) is 0 Å². The molecule has 0 aromatic heterocycles. The first-order chi connectivity index (χ1) is 34.2. The molecule has 9 aliphatic rings. The number of hydrogen-bond acceptors (Lipinski definition) is 9. The third-order valence-electron chi connectivity index (χ3n) is 18.3. The van der Waals surface area contributed by atoms with Crippen LogP contribution >= 0.6 is 0 Å². The van der Waals surface area contributed by atoms with E-state index in [1.165, 1.54) is 0 Å². The van der Waals surface area contributed by atoms with Gasteiger partial charge in [-0.1, -0.05) is 104 Å². The maximum atomic E-state index is 14.3. The van der Waals surface area contributed by atoms with Crippen molar-refractivity contribution in [3.05, 3.63) is 142 Å². The fourth-order valence-corrected chi connectivity index (χ4v) is 16.1. The van der Waals surface area contributed by atoms with Crippen LogP contribution in [0.4, 0.5) is 0 Å². The molecule has 0 radical (unpaired) electrons. The molecule has 10 bridgehead atoms. The van der Waals surface area contributed by atoms with E-state index in [4.69, 9.17) is 25.9 Å². The van der Waals surface area contributed by atoms with Crippen molar-refractivity contribution in [2.75, 3.05) is 6.61 Å². The summed E-state index contributed by atoms with van der Waals surface area (Å²) in [4.78, 5) is 5.23. The molecule has 14 atom stereocenters. The molecule has 4 aromatic carbocycles. The summed E-state index contributed by atoms with van der Waals surface area (Å²) in [5.74, 6) is 4.95. The molecule has 72 heavy (non-hydrogen) atoms. The van der Waals surface area contributed by atoms with Crippen LogP contribution < -0.4 is 45.8 Å². The van der Waals surface area contributed by atoms with Crippen molar-refractivity contribution in [1.82, 2.24) is 0 Å². The Morgan fingerprint density at radius 1 is 0.931 bits per heavy atom. The van der Waals surface area contributed by atoms with Gasteiger partial charge in [-0.25, -0.2) is 13.4 Å². The number of benzene rings is 4. The zero-order valence-electron chi connectivity index (χ0n) is 41.7. The summed E-state index contributed by atoms with van der Waals surface area (Å²) < 4.78 is 57.4. The molecule has 11 nitrogen and oxygen atoms in total. The molecular formula is C59H68N3NaO8S. The molecule has 5 aliphatic heterocycles. The molecule has 4 aromatic rings. The number of phenols is 1. The van der Waals surface area contributed by atoms with Gasteiger partial charge in [-0.05, 0) is 164 Å². The number of hydrogen-bond donors (Lipinski definition) is 5. The number of fused-ring (bicyclic) bond motifs is 10. The third kappa shape index (κ3) is 9.60. The van der Waals surface area contributed by atoms with Crippen LogP contribution in [0.1, 0.15) is 141 Å². The van der Waals surface area contributed by atoms with Crippen LogP contribution in [0, 0.1) is 53.3 Å². The Bertz CT molecular complexity index is 2880. The standard InChI is InChI=1S/C59H69N3O8S.Na/c1-35-13-14-40-30-46-21-23-48(40)50(35)33-54(71(66,67)68)51-32-42-28-41(31-47-26-37(34-63)10-7-11-39-29-45(64)20-22-49(39)56(42)69-47)55(51)38-15-17-44(18-16-38)59(70-46,62-57(60)61)52-24-19-43-12-5-6-25-58(43,65)53(52)27-36-8-3-2-4-9-36;/h2-4,8-9,15-18,20-23,29-30,32,35,37,41,43,47,50-56,63-65H,5-6,10,12-14,19,24-28,31,33-34H2,1H3,(H4,60,61,62)(H,66,67,68);/q;+1/p-1. The third-order valence-corrected chi connectivity index (χ3v) is 19.6. The molecule has 0 amide bonds. The number of ether oxygens (including phenoxy) is 2. The summed E-state index contributed by atoms with van der Waals surface area (Å²) >= 11 is 0. The van der Waals surface area contributed by atoms with E-state index in [1.54, 1.807) is 12.1 Å². The molecule has 0 spiro atoms. The Morgan fingerprint density at radius 3 is 2.49 bits per heavy atom. The molecule has 374 valence electrons. The summed E-state index contributed by atoms with van der Waals surface area (Å²) in [7, 11) is -4.92. The van der Waals surface area contributed by atoms with Crippen LogP contribution in [0.5, 0.6) is 11.5 Å². The Balaban J connectivity index is 0.00000596. The monoisotopic (exact) mass is 1000 g/mol. The minimum Gasteiger partial charge on any atom is -0.748 e. The number of nitrogens with zero attached hydrogens (tertiary/aromatic N) is 1. The molecule has 13 heteroatoms. The second-order valence-corrected chi connectivity index (χ2v) is 24.0. The van der Waals surface area contributed by atoms with E-state index in [1.807, 2.05) is 42.5 Å². The zero-order chi connectivity index (χ0) is 49.2. The number of nitrogens with two attached hydrogens (primary N) is 2. The Hall–Kier alpha value is -4.16. The van der Waals surface area contributed by atoms with E-state index < -0.39 is 44.6 Å². The van der Waals surface area contributed by atoms with Crippen molar-refractivity contribution >= 4 is 16.1 Å². The number of aryl methyl sites for hydroxylation is 1. The maximum Gasteiger partial charge on any atom is 1.00 e. The van der Waals surface area contributed by atoms with Crippen molar-refractivity contribution < 1.29 is 67.3 Å². The number of aliphatic hydroxyl groups excluding tert-OH is 1. The first kappa shape index (κ1) is 51.3. The van der Waals surface area contributed by atoms with E-state index in [9.17, 15) is 28.3 Å². The summed E-state index contributed by atoms with van der Waals surface area (Å²) in [5.41, 5.74) is 17.8. The maximum absolute atomic E-state index is 14.3. The van der Waals surface area contributed by atoms with Gasteiger partial charge in [0.25, 0.3) is 0 Å². The molecule has 1 saturated heterocycles. The quantitative estimate of drug-likeness (QED) is 0.0381. The SMILES string of the molecule is CC1CCc2cc3ccc2C1CC(S(=O)(=O)[O-])C1C=C2CC(CC4CC(CO)CC#Cc5cc(O)ccc5C2O4)C1c1ccc(cc1)C(N=C(N)N)(C1CCC2CCCCC2(O)C1Cc1ccccc1)O3.[Na+]. The van der Waals surface area contributed by atoms with E-state index in [-0.39, 0.29) is 102 Å². The number of allylic oxidation sites excluding steroid dienone is 1. The molecule has 4 aliphatic carbocycles. The Morgan fingerprint density at radius 2 is 1.72 bits per heavy atom. The number of guanidine groups is 1. The number of aliphatic hydroxyl groups is 2. The van der Waals surface area contributed by atoms with Gasteiger partial charge in [-0.15, -0.1) is 0 Å². The summed E-state index contributed by atoms with van der Waals surface area (Å²) in [5, 5.41) is 33.2. The van der Waals surface area contributed by atoms with Gasteiger partial charge in [0.05, 0.1) is 27.1 Å². The summed E-state index contributed by atoms with van der Waals surface area (Å²) in [6.45, 7) is 2.09. The number of rotatable bonds is 6. The van der Waals surface area contributed by atoms with Crippen molar-refractivity contribution in [2.24, 2.45) is 57.9 Å². The topological polar surface area (TPSA) is 201 Å². The first-order valence-electron chi connectivity index (χ1n) is 26.2. The van der Waals surface area contributed by atoms with Crippen molar-refractivity contribution in [2.45, 2.75) is 137 Å². The molecule has 13 rings (SSSR count). The van der Waals surface area contributed by atoms with E-state index in [0.29, 0.717) is 56.3 Å². The van der Waals surface area contributed by atoms with Crippen LogP contribution in [0.3, 0.4) is 0 Å². The summed E-state index contributed by atoms with van der Waals surface area (Å²) in [6, 6.07) is 29.8. The van der Waals surface area contributed by atoms with Gasteiger partial charge in [-0.2, -0.15) is 0 Å². The fraction of sp³-hybridized carbons (Fsp3) is 0.508. The van der Waals surface area contributed by atoms with Crippen LogP contribution in [0.15, 0.2) is 108 Å². The van der Waals surface area contributed by atoms with Crippen LogP contribution in [0.25, 0.3) is 0 Å². The van der Waals surface area contributed by atoms with Gasteiger partial charge in [-0.3, -0.25) is 0 Å². The van der Waals surface area contributed by atoms with E-state index in [0.717, 1.165) is 77.5 Å². The fourth-order valence-electron chi connectivity index (χ4n) is 15.0.